The molecule has 1 saturated heterocycles. The van der Waals surface area contributed by atoms with E-state index in [2.05, 4.69) is 9.62 Å². The van der Waals surface area contributed by atoms with Crippen molar-refractivity contribution in [2.24, 2.45) is 5.73 Å². The lowest BCUT2D eigenvalue weighted by molar-refractivity contribution is 0.344. The van der Waals surface area contributed by atoms with Crippen molar-refractivity contribution >= 4 is 10.0 Å². The van der Waals surface area contributed by atoms with Crippen molar-refractivity contribution in [1.29, 1.82) is 0 Å². The second-order valence-electron chi connectivity index (χ2n) is 5.14. The molecule has 0 unspecified atom stereocenters. The first-order chi connectivity index (χ1) is 10.1. The molecule has 0 atom stereocenters. The normalized spacial score (nSPS) is 16.3. The van der Waals surface area contributed by atoms with Crippen molar-refractivity contribution in [3.8, 4) is 5.75 Å². The Morgan fingerprint density at radius 3 is 2.67 bits per heavy atom. The number of rotatable bonds is 7. The van der Waals surface area contributed by atoms with E-state index < -0.39 is 10.0 Å². The minimum atomic E-state index is -3.56. The van der Waals surface area contributed by atoms with Gasteiger partial charge in [-0.05, 0) is 43.6 Å². The molecular weight excluding hydrogens is 290 g/mol. The topological polar surface area (TPSA) is 84.7 Å². The Morgan fingerprint density at radius 1 is 1.33 bits per heavy atom. The molecular formula is C14H23N3O3S. The van der Waals surface area contributed by atoms with Gasteiger partial charge in [-0.2, -0.15) is 0 Å². The van der Waals surface area contributed by atoms with Crippen LogP contribution in [-0.2, 0) is 16.6 Å². The molecule has 0 aromatic heterocycles. The van der Waals surface area contributed by atoms with Gasteiger partial charge >= 0.3 is 0 Å². The van der Waals surface area contributed by atoms with E-state index in [9.17, 15) is 8.42 Å². The second-order valence-corrected chi connectivity index (χ2v) is 6.87. The third-order valence-corrected chi connectivity index (χ3v) is 5.17. The molecule has 0 aliphatic carbocycles. The summed E-state index contributed by atoms with van der Waals surface area (Å²) in [7, 11) is -2.10. The molecule has 2 rings (SSSR count). The Bertz CT molecular complexity index is 569. The van der Waals surface area contributed by atoms with E-state index in [-0.39, 0.29) is 4.90 Å². The molecule has 1 aromatic carbocycles. The summed E-state index contributed by atoms with van der Waals surface area (Å²) in [6.45, 7) is 3.60. The van der Waals surface area contributed by atoms with Gasteiger partial charge in [-0.15, -0.1) is 0 Å². The fourth-order valence-corrected chi connectivity index (χ4v) is 3.65. The summed E-state index contributed by atoms with van der Waals surface area (Å²) < 4.78 is 32.5. The number of benzene rings is 1. The molecule has 0 amide bonds. The van der Waals surface area contributed by atoms with Gasteiger partial charge in [0, 0.05) is 19.6 Å². The molecule has 6 nitrogen and oxygen atoms in total. The van der Waals surface area contributed by atoms with E-state index in [0.717, 1.165) is 25.2 Å². The van der Waals surface area contributed by atoms with Gasteiger partial charge in [0.15, 0.2) is 0 Å². The Kier molecular flexibility index (Phi) is 5.58. The minimum absolute atomic E-state index is 0.156. The van der Waals surface area contributed by atoms with Crippen LogP contribution in [0, 0.1) is 0 Å². The molecule has 1 aliphatic rings. The number of nitrogens with one attached hydrogen (secondary N) is 1. The lowest BCUT2D eigenvalue weighted by Gasteiger charge is -2.16. The Balaban J connectivity index is 2.04. The van der Waals surface area contributed by atoms with Crippen molar-refractivity contribution < 1.29 is 13.2 Å². The number of hydrogen-bond acceptors (Lipinski definition) is 5. The molecule has 1 fully saturated rings. The largest absolute Gasteiger partial charge is 0.495 e. The fraction of sp³-hybridized carbons (Fsp3) is 0.571. The van der Waals surface area contributed by atoms with Crippen LogP contribution >= 0.6 is 0 Å². The first-order valence-corrected chi connectivity index (χ1v) is 8.64. The molecule has 21 heavy (non-hydrogen) atoms. The molecule has 118 valence electrons. The highest BCUT2D eigenvalue weighted by Crippen LogP contribution is 2.24. The van der Waals surface area contributed by atoms with E-state index in [4.69, 9.17) is 10.5 Å². The molecule has 1 aromatic rings. The maximum atomic E-state index is 12.3. The van der Waals surface area contributed by atoms with Crippen molar-refractivity contribution in [3.63, 3.8) is 0 Å². The molecule has 1 aliphatic heterocycles. The van der Waals surface area contributed by atoms with Crippen LogP contribution in [0.3, 0.4) is 0 Å². The highest BCUT2D eigenvalue weighted by atomic mass is 32.2. The monoisotopic (exact) mass is 313 g/mol. The van der Waals surface area contributed by atoms with Crippen molar-refractivity contribution in [2.75, 3.05) is 33.3 Å². The lowest BCUT2D eigenvalue weighted by Crippen LogP contribution is -2.33. The van der Waals surface area contributed by atoms with Gasteiger partial charge in [-0.1, -0.05) is 6.07 Å². The van der Waals surface area contributed by atoms with Gasteiger partial charge in [0.2, 0.25) is 10.0 Å². The van der Waals surface area contributed by atoms with Gasteiger partial charge < -0.3 is 15.4 Å². The fourth-order valence-electron chi connectivity index (χ4n) is 2.48. The molecule has 0 saturated carbocycles. The summed E-state index contributed by atoms with van der Waals surface area (Å²) >= 11 is 0. The van der Waals surface area contributed by atoms with Gasteiger partial charge in [0.25, 0.3) is 0 Å². The zero-order chi connectivity index (χ0) is 15.3. The molecule has 7 heteroatoms. The maximum Gasteiger partial charge on any atom is 0.244 e. The van der Waals surface area contributed by atoms with Gasteiger partial charge in [0.1, 0.15) is 10.6 Å². The zero-order valence-corrected chi connectivity index (χ0v) is 13.2. The van der Waals surface area contributed by atoms with E-state index in [1.54, 1.807) is 18.2 Å². The first kappa shape index (κ1) is 16.2. The third kappa shape index (κ3) is 4.16. The number of hydrogen-bond donors (Lipinski definition) is 2. The SMILES string of the molecule is COc1cc(CN)ccc1S(=O)(=O)NCCN1CCCC1. The lowest BCUT2D eigenvalue weighted by atomic mass is 10.2. The Morgan fingerprint density at radius 2 is 2.05 bits per heavy atom. The Hall–Kier alpha value is -1.15. The smallest absolute Gasteiger partial charge is 0.244 e. The summed E-state index contributed by atoms with van der Waals surface area (Å²) in [4.78, 5) is 2.42. The number of nitrogens with zero attached hydrogens (tertiary/aromatic N) is 1. The summed E-state index contributed by atoms with van der Waals surface area (Å²) in [6.07, 6.45) is 2.39. The number of methoxy groups -OCH3 is 1. The maximum absolute atomic E-state index is 12.3. The predicted molar refractivity (Wildman–Crippen MR) is 81.7 cm³/mol. The average molecular weight is 313 g/mol. The zero-order valence-electron chi connectivity index (χ0n) is 12.3. The molecule has 1 heterocycles. The standard InChI is InChI=1S/C14H23N3O3S/c1-20-13-10-12(11-15)4-5-14(13)21(18,19)16-6-9-17-7-2-3-8-17/h4-5,10,16H,2-3,6-9,11,15H2,1H3. The van der Waals surface area contributed by atoms with E-state index in [0.29, 0.717) is 18.8 Å². The van der Waals surface area contributed by atoms with E-state index >= 15 is 0 Å². The molecule has 3 N–H and O–H groups in total. The molecule has 0 radical (unpaired) electrons. The highest BCUT2D eigenvalue weighted by molar-refractivity contribution is 7.89. The van der Waals surface area contributed by atoms with Crippen molar-refractivity contribution in [3.05, 3.63) is 23.8 Å². The Labute approximate surface area is 126 Å². The van der Waals surface area contributed by atoms with Crippen LogP contribution in [0.5, 0.6) is 5.75 Å². The van der Waals surface area contributed by atoms with Crippen LogP contribution < -0.4 is 15.2 Å². The number of likely N-dealkylation sites (tertiary alicyclic amines) is 1. The quantitative estimate of drug-likeness (QED) is 0.767. The third-order valence-electron chi connectivity index (χ3n) is 3.67. The first-order valence-electron chi connectivity index (χ1n) is 7.16. The van der Waals surface area contributed by atoms with Gasteiger partial charge in [0.05, 0.1) is 7.11 Å². The molecule has 0 spiro atoms. The van der Waals surface area contributed by atoms with Crippen LogP contribution in [0.15, 0.2) is 23.1 Å². The van der Waals surface area contributed by atoms with Crippen molar-refractivity contribution in [2.45, 2.75) is 24.3 Å². The van der Waals surface area contributed by atoms with Crippen molar-refractivity contribution in [1.82, 2.24) is 9.62 Å². The van der Waals surface area contributed by atoms with Crippen LogP contribution in [0.1, 0.15) is 18.4 Å². The summed E-state index contributed by atoms with van der Waals surface area (Å²) in [6, 6.07) is 4.91. The highest BCUT2D eigenvalue weighted by Gasteiger charge is 2.20. The van der Waals surface area contributed by atoms with Gasteiger partial charge in [-0.25, -0.2) is 13.1 Å². The summed E-state index contributed by atoms with van der Waals surface area (Å²) in [5.41, 5.74) is 6.39. The van der Waals surface area contributed by atoms with Crippen LogP contribution in [0.25, 0.3) is 0 Å². The number of sulfonamides is 1. The predicted octanol–water partition coefficient (Wildman–Crippen LogP) is 0.528. The van der Waals surface area contributed by atoms with Crippen LogP contribution in [-0.4, -0.2) is 46.6 Å². The molecule has 0 bridgehead atoms. The van der Waals surface area contributed by atoms with Crippen LogP contribution in [0.4, 0.5) is 0 Å². The second kappa shape index (κ2) is 7.22. The summed E-state index contributed by atoms with van der Waals surface area (Å²) in [5, 5.41) is 0. The number of nitrogens with two attached hydrogens (primary N) is 1. The van der Waals surface area contributed by atoms with Crippen LogP contribution in [0.2, 0.25) is 0 Å². The summed E-state index contributed by atoms with van der Waals surface area (Å²) in [5.74, 6) is 0.326. The minimum Gasteiger partial charge on any atom is -0.495 e. The average Bonchev–Trinajstić information content (AvgIpc) is 2.99. The van der Waals surface area contributed by atoms with E-state index in [1.807, 2.05) is 0 Å². The van der Waals surface area contributed by atoms with Gasteiger partial charge in [-0.3, -0.25) is 0 Å². The number of ether oxygens (including phenoxy) is 1. The van der Waals surface area contributed by atoms with E-state index in [1.165, 1.54) is 20.0 Å².